The molecule has 1 aromatic rings. The summed E-state index contributed by atoms with van der Waals surface area (Å²) in [6, 6.07) is 9.90. The summed E-state index contributed by atoms with van der Waals surface area (Å²) in [5, 5.41) is 11.0. The van der Waals surface area contributed by atoms with Gasteiger partial charge in [0.25, 0.3) is 0 Å². The molecule has 0 saturated heterocycles. The summed E-state index contributed by atoms with van der Waals surface area (Å²) in [5.74, 6) is 0. The maximum atomic E-state index is 9.72. The Bertz CT molecular complexity index is 316. The van der Waals surface area contributed by atoms with Gasteiger partial charge in [-0.3, -0.25) is 0 Å². The Morgan fingerprint density at radius 2 is 1.94 bits per heavy atom. The van der Waals surface area contributed by atoms with Crippen molar-refractivity contribution in [2.45, 2.75) is 13.0 Å². The van der Waals surface area contributed by atoms with E-state index in [2.05, 4.69) is 6.58 Å². The summed E-state index contributed by atoms with van der Waals surface area (Å²) in [6.07, 6.45) is 2.57. The number of hydrogen-bond donors (Lipinski definition) is 2. The van der Waals surface area contributed by atoms with E-state index in [0.29, 0.717) is 19.8 Å². The minimum Gasteiger partial charge on any atom is -0.366 e. The first kappa shape index (κ1) is 13.7. The fourth-order valence-electron chi connectivity index (χ4n) is 1.59. The van der Waals surface area contributed by atoms with Crippen LogP contribution in [-0.4, -0.2) is 34.9 Å². The van der Waals surface area contributed by atoms with E-state index in [1.165, 1.54) is 5.06 Å². The van der Waals surface area contributed by atoms with Gasteiger partial charge in [-0.05, 0) is 18.2 Å². The first-order chi connectivity index (χ1) is 8.26. The van der Waals surface area contributed by atoms with E-state index in [1.807, 2.05) is 35.2 Å². The molecule has 0 fully saturated rings. The number of hydrogen-bond acceptors (Lipinski definition) is 4. The van der Waals surface area contributed by atoms with Crippen LogP contribution in [0.5, 0.6) is 0 Å². The maximum absolute atomic E-state index is 9.72. The van der Waals surface area contributed by atoms with Crippen LogP contribution in [0.1, 0.15) is 12.0 Å². The largest absolute Gasteiger partial charge is 0.366 e. The Hall–Kier alpha value is -1.36. The van der Waals surface area contributed by atoms with E-state index >= 15 is 0 Å². The van der Waals surface area contributed by atoms with Gasteiger partial charge in [-0.15, -0.1) is 0 Å². The van der Waals surface area contributed by atoms with Crippen LogP contribution in [0.3, 0.4) is 0 Å². The Morgan fingerprint density at radius 3 is 2.53 bits per heavy atom. The fourth-order valence-corrected chi connectivity index (χ4v) is 1.59. The van der Waals surface area contributed by atoms with E-state index in [-0.39, 0.29) is 0 Å². The zero-order valence-corrected chi connectivity index (χ0v) is 10.1. The first-order valence-electron chi connectivity index (χ1n) is 5.80. The molecule has 17 heavy (non-hydrogen) atoms. The van der Waals surface area contributed by atoms with Crippen molar-refractivity contribution in [2.24, 2.45) is 5.73 Å². The summed E-state index contributed by atoms with van der Waals surface area (Å²) in [7, 11) is 0. The smallest absolute Gasteiger partial charge is 0.0651 e. The Labute approximate surface area is 103 Å². The van der Waals surface area contributed by atoms with Crippen molar-refractivity contribution in [2.75, 3.05) is 19.8 Å². The predicted molar refractivity (Wildman–Crippen MR) is 69.2 cm³/mol. The van der Waals surface area contributed by atoms with Crippen molar-refractivity contribution >= 4 is 0 Å². The lowest BCUT2D eigenvalue weighted by molar-refractivity contribution is -0.100. The molecular formula is C13H21N3O. The molecule has 0 atom stereocenters. The van der Waals surface area contributed by atoms with Crippen LogP contribution in [0.25, 0.3) is 0 Å². The lowest BCUT2D eigenvalue weighted by Crippen LogP contribution is -2.28. The van der Waals surface area contributed by atoms with Crippen LogP contribution in [0.15, 0.2) is 43.1 Å². The fraction of sp³-hybridized carbons (Fsp3) is 0.385. The lowest BCUT2D eigenvalue weighted by Gasteiger charge is -2.19. The molecule has 0 spiro atoms. The number of nitrogens with zero attached hydrogens (tertiary/aromatic N) is 2. The Kier molecular flexibility index (Phi) is 6.32. The van der Waals surface area contributed by atoms with E-state index in [1.54, 1.807) is 6.20 Å². The minimum absolute atomic E-state index is 0.466. The number of hydroxylamine groups is 2. The minimum atomic E-state index is 0.466. The Morgan fingerprint density at radius 1 is 1.24 bits per heavy atom. The summed E-state index contributed by atoms with van der Waals surface area (Å²) < 4.78 is 0. The van der Waals surface area contributed by atoms with E-state index in [9.17, 15) is 5.21 Å². The van der Waals surface area contributed by atoms with Crippen molar-refractivity contribution in [3.63, 3.8) is 0 Å². The van der Waals surface area contributed by atoms with Gasteiger partial charge < -0.3 is 15.8 Å². The van der Waals surface area contributed by atoms with E-state index in [4.69, 9.17) is 5.73 Å². The third kappa shape index (κ3) is 5.49. The molecule has 0 amide bonds. The van der Waals surface area contributed by atoms with Gasteiger partial charge >= 0.3 is 0 Å². The summed E-state index contributed by atoms with van der Waals surface area (Å²) in [6.45, 7) is 6.12. The zero-order valence-electron chi connectivity index (χ0n) is 10.1. The van der Waals surface area contributed by atoms with Crippen LogP contribution in [-0.2, 0) is 6.54 Å². The van der Waals surface area contributed by atoms with Crippen molar-refractivity contribution in [1.29, 1.82) is 0 Å². The molecule has 0 radical (unpaired) electrons. The van der Waals surface area contributed by atoms with Gasteiger partial charge in [0.2, 0.25) is 0 Å². The standard InChI is InChI=1S/C13H21N3O/c1-2-15(12-14)9-6-10-16(17)11-13-7-4-3-5-8-13/h2-5,7-8,17H,1,6,9-12,14H2. The highest BCUT2D eigenvalue weighted by Crippen LogP contribution is 2.03. The van der Waals surface area contributed by atoms with Crippen molar-refractivity contribution in [1.82, 2.24) is 9.96 Å². The molecule has 4 heteroatoms. The number of benzene rings is 1. The van der Waals surface area contributed by atoms with E-state index < -0.39 is 0 Å². The normalized spacial score (nSPS) is 10.5. The molecule has 0 aliphatic heterocycles. The van der Waals surface area contributed by atoms with Crippen LogP contribution in [0.2, 0.25) is 0 Å². The van der Waals surface area contributed by atoms with Gasteiger partial charge in [-0.2, -0.15) is 5.06 Å². The molecule has 0 unspecified atom stereocenters. The van der Waals surface area contributed by atoms with Crippen LogP contribution >= 0.6 is 0 Å². The lowest BCUT2D eigenvalue weighted by atomic mass is 10.2. The molecule has 3 N–H and O–H groups in total. The van der Waals surface area contributed by atoms with Gasteiger partial charge in [0.1, 0.15) is 0 Å². The molecular weight excluding hydrogens is 214 g/mol. The SMILES string of the molecule is C=CN(CN)CCCN(O)Cc1ccccc1. The summed E-state index contributed by atoms with van der Waals surface area (Å²) in [5.41, 5.74) is 6.61. The maximum Gasteiger partial charge on any atom is 0.0651 e. The number of rotatable bonds is 8. The van der Waals surface area contributed by atoms with Gasteiger partial charge in [0, 0.05) is 19.6 Å². The van der Waals surface area contributed by atoms with Gasteiger partial charge in [-0.1, -0.05) is 36.9 Å². The summed E-state index contributed by atoms with van der Waals surface area (Å²) >= 11 is 0. The highest BCUT2D eigenvalue weighted by atomic mass is 16.5. The van der Waals surface area contributed by atoms with Crippen LogP contribution in [0, 0.1) is 0 Å². The van der Waals surface area contributed by atoms with Gasteiger partial charge in [0.05, 0.1) is 6.67 Å². The van der Waals surface area contributed by atoms with Crippen molar-refractivity contribution < 1.29 is 5.21 Å². The molecule has 0 bridgehead atoms. The number of nitrogens with two attached hydrogens (primary N) is 1. The topological polar surface area (TPSA) is 52.7 Å². The second-order valence-electron chi connectivity index (χ2n) is 3.90. The molecule has 1 aromatic carbocycles. The highest BCUT2D eigenvalue weighted by molar-refractivity contribution is 5.13. The van der Waals surface area contributed by atoms with Crippen LogP contribution in [0.4, 0.5) is 0 Å². The first-order valence-corrected chi connectivity index (χ1v) is 5.80. The van der Waals surface area contributed by atoms with Crippen molar-refractivity contribution in [3.8, 4) is 0 Å². The van der Waals surface area contributed by atoms with Crippen molar-refractivity contribution in [3.05, 3.63) is 48.7 Å². The third-order valence-electron chi connectivity index (χ3n) is 2.56. The zero-order chi connectivity index (χ0) is 12.5. The predicted octanol–water partition coefficient (Wildman–Crippen LogP) is 1.63. The summed E-state index contributed by atoms with van der Waals surface area (Å²) in [4.78, 5) is 1.91. The second kappa shape index (κ2) is 7.84. The Balaban J connectivity index is 2.21. The third-order valence-corrected chi connectivity index (χ3v) is 2.56. The molecule has 4 nitrogen and oxygen atoms in total. The molecule has 0 aliphatic rings. The van der Waals surface area contributed by atoms with Gasteiger partial charge in [0.15, 0.2) is 0 Å². The molecule has 0 aromatic heterocycles. The molecule has 1 rings (SSSR count). The average molecular weight is 235 g/mol. The molecule has 0 aliphatic carbocycles. The monoisotopic (exact) mass is 235 g/mol. The highest BCUT2D eigenvalue weighted by Gasteiger charge is 2.02. The van der Waals surface area contributed by atoms with E-state index in [0.717, 1.165) is 18.5 Å². The average Bonchev–Trinajstić information content (AvgIpc) is 2.36. The quantitative estimate of drug-likeness (QED) is 0.531. The van der Waals surface area contributed by atoms with Crippen LogP contribution < -0.4 is 5.73 Å². The molecule has 94 valence electrons. The van der Waals surface area contributed by atoms with Gasteiger partial charge in [-0.25, -0.2) is 0 Å². The molecule has 0 heterocycles. The molecule has 0 saturated carbocycles. The second-order valence-corrected chi connectivity index (χ2v) is 3.90.